The van der Waals surface area contributed by atoms with Gasteiger partial charge < -0.3 is 5.32 Å². The van der Waals surface area contributed by atoms with Crippen LogP contribution in [0.2, 0.25) is 0 Å². The Morgan fingerprint density at radius 2 is 1.88 bits per heavy atom. The predicted octanol–water partition coefficient (Wildman–Crippen LogP) is -0.183. The van der Waals surface area contributed by atoms with Crippen LogP contribution in [-0.4, -0.2) is 43.9 Å². The summed E-state index contributed by atoms with van der Waals surface area (Å²) >= 11 is 0. The van der Waals surface area contributed by atoms with Crippen molar-refractivity contribution in [1.82, 2.24) is 14.6 Å². The molecule has 1 saturated heterocycles. The van der Waals surface area contributed by atoms with Crippen LogP contribution in [0, 0.1) is 0 Å². The summed E-state index contributed by atoms with van der Waals surface area (Å²) in [6.07, 6.45) is 3.23. The molecule has 0 amide bonds. The highest BCUT2D eigenvalue weighted by molar-refractivity contribution is 7.88. The highest BCUT2D eigenvalue weighted by atomic mass is 32.2. The smallest absolute Gasteiger partial charge is 0.218 e. The lowest BCUT2D eigenvalue weighted by Crippen LogP contribution is -2.46. The van der Waals surface area contributed by atoms with Crippen LogP contribution in [0.1, 0.15) is 5.56 Å². The van der Waals surface area contributed by atoms with Crippen LogP contribution < -0.4 is 5.32 Å². The van der Waals surface area contributed by atoms with Crippen LogP contribution in [0.25, 0.3) is 0 Å². The quantitative estimate of drug-likeness (QED) is 0.797. The van der Waals surface area contributed by atoms with Crippen molar-refractivity contribution in [3.05, 3.63) is 30.1 Å². The van der Waals surface area contributed by atoms with Crippen LogP contribution in [0.4, 0.5) is 0 Å². The molecule has 1 aliphatic rings. The average molecular weight is 241 g/mol. The number of pyridine rings is 1. The monoisotopic (exact) mass is 241 g/mol. The number of rotatable bonds is 3. The van der Waals surface area contributed by atoms with Gasteiger partial charge >= 0.3 is 0 Å². The lowest BCUT2D eigenvalue weighted by atomic mass is 10.3. The van der Waals surface area contributed by atoms with E-state index in [9.17, 15) is 8.42 Å². The second kappa shape index (κ2) is 4.90. The third-order valence-corrected chi connectivity index (χ3v) is 4.42. The zero-order valence-corrected chi connectivity index (χ0v) is 9.78. The number of nitrogens with one attached hydrogen (secondary N) is 1. The number of nitrogens with zero attached hydrogens (tertiary/aromatic N) is 2. The normalized spacial score (nSPS) is 18.5. The van der Waals surface area contributed by atoms with Gasteiger partial charge in [-0.1, -0.05) is 0 Å². The van der Waals surface area contributed by atoms with Gasteiger partial charge in [0.25, 0.3) is 0 Å². The molecule has 0 atom stereocenters. The fourth-order valence-corrected chi connectivity index (χ4v) is 3.24. The summed E-state index contributed by atoms with van der Waals surface area (Å²) < 4.78 is 25.6. The molecule has 88 valence electrons. The van der Waals surface area contributed by atoms with Crippen molar-refractivity contribution in [2.45, 2.75) is 5.75 Å². The van der Waals surface area contributed by atoms with Gasteiger partial charge in [0, 0.05) is 38.6 Å². The first kappa shape index (κ1) is 11.5. The summed E-state index contributed by atoms with van der Waals surface area (Å²) in [5.74, 6) is 0.0650. The summed E-state index contributed by atoms with van der Waals surface area (Å²) in [6.45, 7) is 2.59. The molecule has 1 aliphatic heterocycles. The minimum Gasteiger partial charge on any atom is -0.314 e. The molecular weight excluding hydrogens is 226 g/mol. The summed E-state index contributed by atoms with van der Waals surface area (Å²) in [7, 11) is -3.17. The van der Waals surface area contributed by atoms with Crippen molar-refractivity contribution in [1.29, 1.82) is 0 Å². The summed E-state index contributed by atoms with van der Waals surface area (Å²) in [5, 5.41) is 3.13. The van der Waals surface area contributed by atoms with Crippen LogP contribution in [0.5, 0.6) is 0 Å². The molecule has 0 saturated carbocycles. The van der Waals surface area contributed by atoms with Crippen LogP contribution in [0.15, 0.2) is 24.5 Å². The Labute approximate surface area is 95.5 Å². The average Bonchev–Trinajstić information content (AvgIpc) is 2.31. The lowest BCUT2D eigenvalue weighted by molar-refractivity contribution is 0.360. The third-order valence-electron chi connectivity index (χ3n) is 2.57. The van der Waals surface area contributed by atoms with Crippen molar-refractivity contribution in [2.75, 3.05) is 26.2 Å². The molecular formula is C10H15N3O2S. The van der Waals surface area contributed by atoms with Gasteiger partial charge in [0.1, 0.15) is 0 Å². The molecule has 0 radical (unpaired) electrons. The molecule has 0 bridgehead atoms. The Morgan fingerprint density at radius 3 is 2.50 bits per heavy atom. The van der Waals surface area contributed by atoms with E-state index in [0.29, 0.717) is 13.1 Å². The molecule has 0 aliphatic carbocycles. The summed E-state index contributed by atoms with van der Waals surface area (Å²) in [4.78, 5) is 3.87. The number of hydrogen-bond donors (Lipinski definition) is 1. The van der Waals surface area contributed by atoms with Crippen molar-refractivity contribution in [3.63, 3.8) is 0 Å². The minimum atomic E-state index is -3.17. The van der Waals surface area contributed by atoms with Crippen molar-refractivity contribution < 1.29 is 8.42 Å². The van der Waals surface area contributed by atoms with Gasteiger partial charge in [-0.2, -0.15) is 4.31 Å². The molecule has 1 aromatic rings. The molecule has 1 fully saturated rings. The van der Waals surface area contributed by atoms with E-state index in [-0.39, 0.29) is 5.75 Å². The molecule has 1 aromatic heterocycles. The van der Waals surface area contributed by atoms with Crippen LogP contribution in [-0.2, 0) is 15.8 Å². The molecule has 0 unspecified atom stereocenters. The molecule has 2 rings (SSSR count). The third kappa shape index (κ3) is 2.78. The van der Waals surface area contributed by atoms with E-state index in [0.717, 1.165) is 18.7 Å². The van der Waals surface area contributed by atoms with E-state index >= 15 is 0 Å². The SMILES string of the molecule is O=S(=O)(Cc1ccncc1)N1CCNCC1. The van der Waals surface area contributed by atoms with Gasteiger partial charge in [-0.3, -0.25) is 4.98 Å². The minimum absolute atomic E-state index is 0.0650. The van der Waals surface area contributed by atoms with E-state index in [1.165, 1.54) is 0 Å². The lowest BCUT2D eigenvalue weighted by Gasteiger charge is -2.26. The fraction of sp³-hybridized carbons (Fsp3) is 0.500. The molecule has 5 nitrogen and oxygen atoms in total. The van der Waals surface area contributed by atoms with E-state index in [2.05, 4.69) is 10.3 Å². The van der Waals surface area contributed by atoms with Gasteiger partial charge in [-0.25, -0.2) is 8.42 Å². The van der Waals surface area contributed by atoms with E-state index in [1.54, 1.807) is 28.8 Å². The van der Waals surface area contributed by atoms with E-state index < -0.39 is 10.0 Å². The van der Waals surface area contributed by atoms with Gasteiger partial charge in [0.2, 0.25) is 10.0 Å². The Hall–Kier alpha value is -0.980. The molecule has 2 heterocycles. The maximum absolute atomic E-state index is 12.0. The first-order chi connectivity index (χ1) is 7.68. The van der Waals surface area contributed by atoms with Crippen molar-refractivity contribution in [2.24, 2.45) is 0 Å². The first-order valence-corrected chi connectivity index (χ1v) is 6.87. The standard InChI is InChI=1S/C10H15N3O2S/c14-16(15,13-7-5-12-6-8-13)9-10-1-3-11-4-2-10/h1-4,12H,5-9H2. The van der Waals surface area contributed by atoms with E-state index in [4.69, 9.17) is 0 Å². The molecule has 16 heavy (non-hydrogen) atoms. The van der Waals surface area contributed by atoms with Gasteiger partial charge in [-0.15, -0.1) is 0 Å². The molecule has 0 aromatic carbocycles. The number of aromatic nitrogens is 1. The number of piperazine rings is 1. The molecule has 6 heteroatoms. The summed E-state index contributed by atoms with van der Waals surface area (Å²) in [6, 6.07) is 3.47. The summed E-state index contributed by atoms with van der Waals surface area (Å²) in [5.41, 5.74) is 0.786. The zero-order chi connectivity index (χ0) is 11.4. The fourth-order valence-electron chi connectivity index (χ4n) is 1.70. The predicted molar refractivity (Wildman–Crippen MR) is 61.3 cm³/mol. The second-order valence-electron chi connectivity index (χ2n) is 3.76. The molecule has 0 spiro atoms. The largest absolute Gasteiger partial charge is 0.314 e. The Kier molecular flexibility index (Phi) is 3.52. The Morgan fingerprint density at radius 1 is 1.25 bits per heavy atom. The van der Waals surface area contributed by atoms with Crippen LogP contribution >= 0.6 is 0 Å². The number of sulfonamides is 1. The topological polar surface area (TPSA) is 62.3 Å². The zero-order valence-electron chi connectivity index (χ0n) is 8.96. The maximum atomic E-state index is 12.0. The number of hydrogen-bond acceptors (Lipinski definition) is 4. The van der Waals surface area contributed by atoms with Crippen LogP contribution in [0.3, 0.4) is 0 Å². The first-order valence-electron chi connectivity index (χ1n) is 5.26. The highest BCUT2D eigenvalue weighted by Gasteiger charge is 2.23. The van der Waals surface area contributed by atoms with Gasteiger partial charge in [0.15, 0.2) is 0 Å². The van der Waals surface area contributed by atoms with Gasteiger partial charge in [0.05, 0.1) is 5.75 Å². The van der Waals surface area contributed by atoms with Crippen molar-refractivity contribution >= 4 is 10.0 Å². The van der Waals surface area contributed by atoms with E-state index in [1.807, 2.05) is 0 Å². The molecule has 1 N–H and O–H groups in total. The second-order valence-corrected chi connectivity index (χ2v) is 5.73. The van der Waals surface area contributed by atoms with Gasteiger partial charge in [-0.05, 0) is 17.7 Å². The Bertz CT molecular complexity index is 427. The Balaban J connectivity index is 2.08. The maximum Gasteiger partial charge on any atom is 0.218 e. The van der Waals surface area contributed by atoms with Crippen molar-refractivity contribution in [3.8, 4) is 0 Å². The highest BCUT2D eigenvalue weighted by Crippen LogP contribution is 2.10.